The van der Waals surface area contributed by atoms with E-state index in [1.54, 1.807) is 4.68 Å². The highest BCUT2D eigenvalue weighted by molar-refractivity contribution is 9.08. The topological polar surface area (TPSA) is 106 Å². The summed E-state index contributed by atoms with van der Waals surface area (Å²) in [6.07, 6.45) is -3.50. The van der Waals surface area contributed by atoms with Crippen LogP contribution in [-0.2, 0) is 38.7 Å². The molecule has 0 aromatic carbocycles. The van der Waals surface area contributed by atoms with Gasteiger partial charge in [0.25, 0.3) is 0 Å². The summed E-state index contributed by atoms with van der Waals surface area (Å²) in [6.45, 7) is 5.42. The van der Waals surface area contributed by atoms with Crippen LogP contribution < -0.4 is 0 Å². The van der Waals surface area contributed by atoms with Gasteiger partial charge in [0, 0.05) is 26.1 Å². The van der Waals surface area contributed by atoms with Crippen LogP contribution in [-0.4, -0.2) is 52.6 Å². The molecule has 0 N–H and O–H groups in total. The number of halogens is 1. The molecule has 0 radical (unpaired) electrons. The quantitative estimate of drug-likeness (QED) is 0.377. The van der Waals surface area contributed by atoms with Crippen molar-refractivity contribution in [2.45, 2.75) is 57.6 Å². The minimum Gasteiger partial charge on any atom is -0.463 e. The monoisotopic (exact) mass is 432 g/mol. The van der Waals surface area contributed by atoms with Crippen LogP contribution in [0.2, 0.25) is 0 Å². The Kier molecular flexibility index (Phi) is 6.76. The summed E-state index contributed by atoms with van der Waals surface area (Å²) in [7, 11) is 0. The zero-order chi connectivity index (χ0) is 19.4. The zero-order valence-electron chi connectivity index (χ0n) is 14.9. The van der Waals surface area contributed by atoms with Gasteiger partial charge in [0.15, 0.2) is 18.4 Å². The predicted octanol–water partition coefficient (Wildman–Crippen LogP) is 1.41. The van der Waals surface area contributed by atoms with E-state index >= 15 is 0 Å². The first-order valence-electron chi connectivity index (χ1n) is 7.97. The maximum absolute atomic E-state index is 11.6. The van der Waals surface area contributed by atoms with Gasteiger partial charge in [0.2, 0.25) is 0 Å². The minimum absolute atomic E-state index is 0.147. The fraction of sp³-hybridized carbons (Fsp3) is 0.625. The smallest absolute Gasteiger partial charge is 0.303 e. The van der Waals surface area contributed by atoms with Crippen molar-refractivity contribution in [3.63, 3.8) is 0 Å². The lowest BCUT2D eigenvalue weighted by atomic mass is 10.1. The Labute approximate surface area is 159 Å². The molecule has 1 fully saturated rings. The average molecular weight is 433 g/mol. The van der Waals surface area contributed by atoms with Crippen molar-refractivity contribution in [1.29, 1.82) is 0 Å². The highest BCUT2D eigenvalue weighted by atomic mass is 79.9. The van der Waals surface area contributed by atoms with Crippen LogP contribution in [0.15, 0.2) is 6.07 Å². The Morgan fingerprint density at radius 3 is 2.31 bits per heavy atom. The standard InChI is InChI=1S/C16H21BrN2O7/c1-8-5-12(6-17)19(18-8)16-15(25-11(4)22)14(24-10(3)21)13(26-16)7-23-9(2)20/h5,13-16H,6-7H2,1-4H3/t13-,14-,15-,16-/m1/s1. The average Bonchev–Trinajstić information content (AvgIpc) is 3.05. The van der Waals surface area contributed by atoms with Crippen molar-refractivity contribution >= 4 is 33.8 Å². The molecule has 1 aromatic heterocycles. The molecule has 0 unspecified atom stereocenters. The van der Waals surface area contributed by atoms with Gasteiger partial charge in [0.05, 0.1) is 11.4 Å². The molecule has 0 bridgehead atoms. The van der Waals surface area contributed by atoms with Gasteiger partial charge in [-0.05, 0) is 13.0 Å². The normalized spacial score (nSPS) is 25.0. The number of ether oxygens (including phenoxy) is 4. The second kappa shape index (κ2) is 8.63. The molecule has 1 aromatic rings. The van der Waals surface area contributed by atoms with Gasteiger partial charge in [-0.2, -0.15) is 5.10 Å². The van der Waals surface area contributed by atoms with Gasteiger partial charge in [-0.1, -0.05) is 15.9 Å². The molecule has 1 aliphatic heterocycles. The first-order valence-corrected chi connectivity index (χ1v) is 9.09. The summed E-state index contributed by atoms with van der Waals surface area (Å²) in [6, 6.07) is 1.85. The van der Waals surface area contributed by atoms with Gasteiger partial charge in [-0.15, -0.1) is 0 Å². The highest BCUT2D eigenvalue weighted by Gasteiger charge is 2.51. The third kappa shape index (κ3) is 4.82. The van der Waals surface area contributed by atoms with Gasteiger partial charge < -0.3 is 18.9 Å². The Morgan fingerprint density at radius 1 is 1.15 bits per heavy atom. The largest absolute Gasteiger partial charge is 0.463 e. The second-order valence-electron chi connectivity index (χ2n) is 5.87. The van der Waals surface area contributed by atoms with Gasteiger partial charge in [-0.3, -0.25) is 14.4 Å². The summed E-state index contributed by atoms with van der Waals surface area (Å²) in [4.78, 5) is 34.3. The summed E-state index contributed by atoms with van der Waals surface area (Å²) < 4.78 is 23.2. The third-order valence-electron chi connectivity index (χ3n) is 3.65. The minimum atomic E-state index is -0.937. The molecule has 2 heterocycles. The fourth-order valence-corrected chi connectivity index (χ4v) is 3.20. The number of carbonyl (C=O) groups excluding carboxylic acids is 3. The number of aryl methyl sites for hydroxylation is 1. The molecule has 0 spiro atoms. The second-order valence-corrected chi connectivity index (χ2v) is 6.43. The molecule has 9 nitrogen and oxygen atoms in total. The lowest BCUT2D eigenvalue weighted by molar-refractivity contribution is -0.166. The molecular formula is C16H21BrN2O7. The molecule has 10 heteroatoms. The number of aromatic nitrogens is 2. The molecule has 1 saturated heterocycles. The van der Waals surface area contributed by atoms with E-state index < -0.39 is 42.4 Å². The maximum Gasteiger partial charge on any atom is 0.303 e. The summed E-state index contributed by atoms with van der Waals surface area (Å²) in [5.74, 6) is -1.63. The first kappa shape index (κ1) is 20.4. The molecule has 0 aliphatic carbocycles. The van der Waals surface area contributed by atoms with E-state index in [0.29, 0.717) is 5.33 Å². The van der Waals surface area contributed by atoms with E-state index in [1.807, 2.05) is 13.0 Å². The number of rotatable bonds is 6. The van der Waals surface area contributed by atoms with E-state index in [9.17, 15) is 14.4 Å². The molecule has 144 valence electrons. The van der Waals surface area contributed by atoms with Gasteiger partial charge in [0.1, 0.15) is 12.7 Å². The van der Waals surface area contributed by atoms with E-state index in [-0.39, 0.29) is 6.61 Å². The summed E-state index contributed by atoms with van der Waals surface area (Å²) in [5.41, 5.74) is 1.54. The Balaban J connectivity index is 2.38. The number of hydrogen-bond donors (Lipinski definition) is 0. The Hall–Kier alpha value is -1.94. The van der Waals surface area contributed by atoms with Crippen LogP contribution in [0.25, 0.3) is 0 Å². The van der Waals surface area contributed by atoms with Crippen LogP contribution >= 0.6 is 15.9 Å². The van der Waals surface area contributed by atoms with E-state index in [2.05, 4.69) is 21.0 Å². The number of alkyl halides is 1. The van der Waals surface area contributed by atoms with Crippen LogP contribution in [0.1, 0.15) is 38.4 Å². The van der Waals surface area contributed by atoms with E-state index in [0.717, 1.165) is 11.4 Å². The van der Waals surface area contributed by atoms with Crippen molar-refractivity contribution in [3.8, 4) is 0 Å². The van der Waals surface area contributed by atoms with E-state index in [4.69, 9.17) is 18.9 Å². The summed E-state index contributed by atoms with van der Waals surface area (Å²) >= 11 is 3.38. The van der Waals surface area contributed by atoms with Crippen molar-refractivity contribution < 1.29 is 33.3 Å². The zero-order valence-corrected chi connectivity index (χ0v) is 16.5. The molecule has 26 heavy (non-hydrogen) atoms. The number of esters is 3. The molecular weight excluding hydrogens is 412 g/mol. The third-order valence-corrected chi connectivity index (χ3v) is 4.23. The first-order chi connectivity index (χ1) is 12.2. The lowest BCUT2D eigenvalue weighted by Crippen LogP contribution is -2.40. The predicted molar refractivity (Wildman–Crippen MR) is 91.2 cm³/mol. The molecule has 4 atom stereocenters. The van der Waals surface area contributed by atoms with E-state index in [1.165, 1.54) is 20.8 Å². The fourth-order valence-electron chi connectivity index (χ4n) is 2.78. The Morgan fingerprint density at radius 2 is 1.77 bits per heavy atom. The highest BCUT2D eigenvalue weighted by Crippen LogP contribution is 2.35. The van der Waals surface area contributed by atoms with Crippen LogP contribution in [0.5, 0.6) is 0 Å². The van der Waals surface area contributed by atoms with Crippen molar-refractivity contribution in [2.24, 2.45) is 0 Å². The van der Waals surface area contributed by atoms with Crippen LogP contribution in [0.3, 0.4) is 0 Å². The lowest BCUT2D eigenvalue weighted by Gasteiger charge is -2.24. The number of carbonyl (C=O) groups is 3. The van der Waals surface area contributed by atoms with Crippen LogP contribution in [0, 0.1) is 6.92 Å². The molecule has 0 saturated carbocycles. The molecule has 2 rings (SSSR count). The van der Waals surface area contributed by atoms with Crippen molar-refractivity contribution in [2.75, 3.05) is 6.61 Å². The number of hydrogen-bond acceptors (Lipinski definition) is 8. The SMILES string of the molecule is CC(=O)OC[C@H]1O[C@@H](n2nc(C)cc2CBr)[C@H](OC(C)=O)[C@@H]1OC(C)=O. The Bertz CT molecular complexity index is 690. The van der Waals surface area contributed by atoms with Gasteiger partial charge in [-0.25, -0.2) is 4.68 Å². The van der Waals surface area contributed by atoms with Crippen LogP contribution in [0.4, 0.5) is 0 Å². The maximum atomic E-state index is 11.6. The molecule has 0 amide bonds. The van der Waals surface area contributed by atoms with Crippen molar-refractivity contribution in [1.82, 2.24) is 9.78 Å². The molecule has 1 aliphatic rings. The van der Waals surface area contributed by atoms with Gasteiger partial charge >= 0.3 is 17.9 Å². The summed E-state index contributed by atoms with van der Waals surface area (Å²) in [5, 5.41) is 4.88. The number of nitrogens with zero attached hydrogens (tertiary/aromatic N) is 2. The van der Waals surface area contributed by atoms with Crippen molar-refractivity contribution in [3.05, 3.63) is 17.5 Å².